The second-order valence-electron chi connectivity index (χ2n) is 13.2. The molecule has 4 amide bonds. The van der Waals surface area contributed by atoms with E-state index in [9.17, 15) is 19.2 Å². The van der Waals surface area contributed by atoms with Crippen LogP contribution in [0.2, 0.25) is 0 Å². The zero-order chi connectivity index (χ0) is 37.2. The van der Waals surface area contributed by atoms with E-state index in [0.717, 1.165) is 16.7 Å². The second-order valence-corrected chi connectivity index (χ2v) is 13.2. The van der Waals surface area contributed by atoms with Gasteiger partial charge < -0.3 is 35.6 Å². The van der Waals surface area contributed by atoms with Crippen LogP contribution in [0.25, 0.3) is 6.08 Å². The number of benzene rings is 4. The van der Waals surface area contributed by atoms with Gasteiger partial charge >= 0.3 is 0 Å². The van der Waals surface area contributed by atoms with E-state index >= 15 is 0 Å². The van der Waals surface area contributed by atoms with Crippen molar-refractivity contribution in [3.8, 4) is 11.5 Å². The normalized spacial score (nSPS) is 20.1. The maximum atomic E-state index is 14.7. The number of nitrogens with one attached hydrogen (secondary N) is 4. The topological polar surface area (TPSA) is 138 Å². The van der Waals surface area contributed by atoms with Gasteiger partial charge in [-0.25, -0.2) is 0 Å². The molecule has 0 aliphatic carbocycles. The zero-order valence-corrected chi connectivity index (χ0v) is 29.9. The van der Waals surface area contributed by atoms with Crippen LogP contribution in [0.5, 0.6) is 11.5 Å². The van der Waals surface area contributed by atoms with Gasteiger partial charge in [0.25, 0.3) is 0 Å². The number of methoxy groups -OCH3 is 1. The minimum Gasteiger partial charge on any atom is -0.496 e. The van der Waals surface area contributed by atoms with Crippen LogP contribution in [-0.2, 0) is 38.4 Å². The number of hydrogen-bond donors (Lipinski definition) is 4. The number of amides is 4. The van der Waals surface area contributed by atoms with Crippen LogP contribution in [0, 0.1) is 0 Å². The average Bonchev–Trinajstić information content (AvgIpc) is 3.60. The van der Waals surface area contributed by atoms with Gasteiger partial charge in [-0.1, -0.05) is 91.0 Å². The Bertz CT molecular complexity index is 1910. The number of carbonyl (C=O) groups excluding carboxylic acids is 4. The summed E-state index contributed by atoms with van der Waals surface area (Å²) in [4.78, 5) is 58.1. The Morgan fingerprint density at radius 2 is 1.47 bits per heavy atom. The highest BCUT2D eigenvalue weighted by atomic mass is 16.5. The molecule has 6 rings (SSSR count). The molecule has 2 aliphatic heterocycles. The van der Waals surface area contributed by atoms with Crippen molar-refractivity contribution < 1.29 is 28.7 Å². The molecule has 1 fully saturated rings. The molecule has 4 aromatic carbocycles. The maximum Gasteiger partial charge on any atom is 0.247 e. The molecule has 11 nitrogen and oxygen atoms in total. The number of nitrogens with zero attached hydrogens (tertiary/aromatic N) is 1. The largest absolute Gasteiger partial charge is 0.496 e. The van der Waals surface area contributed by atoms with Crippen molar-refractivity contribution in [1.29, 1.82) is 0 Å². The van der Waals surface area contributed by atoms with E-state index in [1.54, 1.807) is 38.4 Å². The van der Waals surface area contributed by atoms with Crippen molar-refractivity contribution in [2.24, 2.45) is 0 Å². The summed E-state index contributed by atoms with van der Waals surface area (Å²) in [5.74, 6) is -0.675. The molecular formula is C42H45N5O6. The van der Waals surface area contributed by atoms with Crippen molar-refractivity contribution in [3.63, 3.8) is 0 Å². The highest BCUT2D eigenvalue weighted by Gasteiger charge is 2.46. The van der Waals surface area contributed by atoms with Crippen molar-refractivity contribution >= 4 is 29.7 Å². The fourth-order valence-corrected chi connectivity index (χ4v) is 6.86. The van der Waals surface area contributed by atoms with Gasteiger partial charge in [0.1, 0.15) is 35.7 Å². The quantitative estimate of drug-likeness (QED) is 0.187. The molecule has 2 bridgehead atoms. The molecule has 4 N–H and O–H groups in total. The van der Waals surface area contributed by atoms with Crippen LogP contribution in [-0.4, -0.2) is 79.5 Å². The summed E-state index contributed by atoms with van der Waals surface area (Å²) < 4.78 is 12.0. The number of rotatable bonds is 11. The average molecular weight is 716 g/mol. The molecule has 1 saturated heterocycles. The molecule has 53 heavy (non-hydrogen) atoms. The number of ether oxygens (including phenoxy) is 2. The smallest absolute Gasteiger partial charge is 0.247 e. The lowest BCUT2D eigenvalue weighted by molar-refractivity contribution is -0.143. The van der Waals surface area contributed by atoms with E-state index < -0.39 is 48.0 Å². The summed E-state index contributed by atoms with van der Waals surface area (Å²) in [6.07, 6.45) is 3.65. The molecular weight excluding hydrogens is 670 g/mol. The fourth-order valence-electron chi connectivity index (χ4n) is 6.86. The van der Waals surface area contributed by atoms with E-state index in [1.165, 1.54) is 11.1 Å². The number of likely N-dealkylation sites (N-methyl/N-ethyl adjacent to an activating group) is 1. The van der Waals surface area contributed by atoms with Gasteiger partial charge in [0, 0.05) is 37.6 Å². The number of fused-ring (bicyclic) bond motifs is 3. The Morgan fingerprint density at radius 3 is 2.09 bits per heavy atom. The number of carbonyl (C=O) groups is 4. The predicted octanol–water partition coefficient (Wildman–Crippen LogP) is 3.43. The van der Waals surface area contributed by atoms with Crippen molar-refractivity contribution in [3.05, 3.63) is 138 Å². The number of hydrogen-bond acceptors (Lipinski definition) is 7. The second kappa shape index (κ2) is 17.5. The third kappa shape index (κ3) is 9.30. The van der Waals surface area contributed by atoms with Crippen LogP contribution in [0.3, 0.4) is 0 Å². The molecule has 0 saturated carbocycles. The summed E-state index contributed by atoms with van der Waals surface area (Å²) >= 11 is 0. The van der Waals surface area contributed by atoms with Crippen LogP contribution < -0.4 is 30.7 Å². The van der Waals surface area contributed by atoms with Crippen molar-refractivity contribution in [2.75, 3.05) is 20.7 Å². The lowest BCUT2D eigenvalue weighted by Crippen LogP contribution is -2.60. The minimum atomic E-state index is -1.10. The molecule has 0 spiro atoms. The Hall–Kier alpha value is -5.94. The zero-order valence-electron chi connectivity index (χ0n) is 29.9. The minimum absolute atomic E-state index is 0.195. The first-order valence-electron chi connectivity index (χ1n) is 17.8. The van der Waals surface area contributed by atoms with Gasteiger partial charge in [-0.2, -0.15) is 0 Å². The summed E-state index contributed by atoms with van der Waals surface area (Å²) in [5.41, 5.74) is 3.33. The first-order valence-corrected chi connectivity index (χ1v) is 17.8. The molecule has 4 aromatic rings. The summed E-state index contributed by atoms with van der Waals surface area (Å²) in [6, 6.07) is 30.1. The highest BCUT2D eigenvalue weighted by molar-refractivity contribution is 5.96. The highest BCUT2D eigenvalue weighted by Crippen LogP contribution is 2.30. The summed E-state index contributed by atoms with van der Waals surface area (Å²) in [7, 11) is 3.27. The van der Waals surface area contributed by atoms with E-state index in [-0.39, 0.29) is 25.3 Å². The molecule has 2 heterocycles. The van der Waals surface area contributed by atoms with Crippen molar-refractivity contribution in [1.82, 2.24) is 26.2 Å². The van der Waals surface area contributed by atoms with Gasteiger partial charge in [-0.05, 0) is 54.4 Å². The fraction of sp³-hybridized carbons (Fsp3) is 0.286. The Kier molecular flexibility index (Phi) is 12.2. The molecule has 274 valence electrons. The van der Waals surface area contributed by atoms with Gasteiger partial charge in [0.2, 0.25) is 23.6 Å². The van der Waals surface area contributed by atoms with E-state index in [4.69, 9.17) is 9.47 Å². The van der Waals surface area contributed by atoms with Gasteiger partial charge in [-0.15, -0.1) is 0 Å². The van der Waals surface area contributed by atoms with Crippen LogP contribution in [0.4, 0.5) is 0 Å². The van der Waals surface area contributed by atoms with Gasteiger partial charge in [0.05, 0.1) is 13.2 Å². The molecule has 0 unspecified atom stereocenters. The third-order valence-electron chi connectivity index (χ3n) is 9.63. The van der Waals surface area contributed by atoms with Gasteiger partial charge in [-0.3, -0.25) is 19.2 Å². The first-order chi connectivity index (χ1) is 25.8. The Morgan fingerprint density at radius 1 is 0.849 bits per heavy atom. The summed E-state index contributed by atoms with van der Waals surface area (Å²) in [6.45, 7) is 0.195. The maximum absolute atomic E-state index is 14.7. The van der Waals surface area contributed by atoms with E-state index in [0.29, 0.717) is 29.9 Å². The lowest BCUT2D eigenvalue weighted by atomic mass is 10.0. The van der Waals surface area contributed by atoms with Crippen molar-refractivity contribution in [2.45, 2.75) is 56.0 Å². The standard InChI is InChI=1S/C42H45N5O6/c1-43-33(24-28-12-6-3-7-13-28)40(49)46-35(26-30-16-10-5-11-17-30)42(51)47-23-21-37-38(47)41(50)45-34(25-29-14-8-4-9-15-29)39(48)44-22-20-31-27-32(53-37)18-19-36(31)52-2/h3-20,22,27,33-35,37-38,43H,21,23-26H2,1-2H3,(H,44,48)(H,45,50)(H,46,49)/b22-20+/t33-,34-,35+,37-,38+/m1/s1. The third-order valence-corrected chi connectivity index (χ3v) is 9.63. The van der Waals surface area contributed by atoms with E-state index in [1.807, 2.05) is 91.0 Å². The monoisotopic (exact) mass is 715 g/mol. The SMILES string of the molecule is CN[C@H](Cc1ccccc1)C(=O)N[C@@H](Cc1ccccc1)C(=O)N1CC[C@H]2Oc3ccc(OC)c(c3)/C=C/NC(=O)[C@@H](Cc3ccccc3)NC(=O)[C@H]21. The first kappa shape index (κ1) is 36.8. The van der Waals surface area contributed by atoms with Crippen LogP contribution in [0.1, 0.15) is 28.7 Å². The molecule has 2 aliphatic rings. The lowest BCUT2D eigenvalue weighted by Gasteiger charge is -2.32. The molecule has 11 heteroatoms. The van der Waals surface area contributed by atoms with Crippen LogP contribution in [0.15, 0.2) is 115 Å². The molecule has 0 radical (unpaired) electrons. The van der Waals surface area contributed by atoms with E-state index in [2.05, 4.69) is 21.3 Å². The Balaban J connectivity index is 1.32. The van der Waals surface area contributed by atoms with Gasteiger partial charge in [0.15, 0.2) is 0 Å². The summed E-state index contributed by atoms with van der Waals surface area (Å²) in [5, 5.41) is 11.9. The predicted molar refractivity (Wildman–Crippen MR) is 202 cm³/mol. The molecule has 5 atom stereocenters. The molecule has 0 aromatic heterocycles. The number of likely N-dealkylation sites (tertiary alicyclic amines) is 1. The van der Waals surface area contributed by atoms with Crippen LogP contribution >= 0.6 is 0 Å². The Labute approximate surface area is 309 Å².